The van der Waals surface area contributed by atoms with Crippen molar-refractivity contribution in [2.24, 2.45) is 0 Å². The van der Waals surface area contributed by atoms with Crippen molar-refractivity contribution >= 4 is 5.97 Å². The van der Waals surface area contributed by atoms with Crippen molar-refractivity contribution in [2.75, 3.05) is 6.54 Å². The molecule has 0 radical (unpaired) electrons. The normalized spacial score (nSPS) is 27.8. The van der Waals surface area contributed by atoms with Crippen LogP contribution in [0.3, 0.4) is 0 Å². The molecule has 1 aliphatic carbocycles. The average molecular weight is 259 g/mol. The largest absolute Gasteiger partial charge is 0.480 e. The van der Waals surface area contributed by atoms with Gasteiger partial charge in [-0.25, -0.2) is 0 Å². The van der Waals surface area contributed by atoms with Gasteiger partial charge in [-0.3, -0.25) is 9.69 Å². The van der Waals surface area contributed by atoms with Gasteiger partial charge >= 0.3 is 5.97 Å². The minimum absolute atomic E-state index is 0.281. The fourth-order valence-electron chi connectivity index (χ4n) is 3.67. The van der Waals surface area contributed by atoms with E-state index in [-0.39, 0.29) is 6.04 Å². The molecule has 19 heavy (non-hydrogen) atoms. The number of carboxylic acid groups (broad SMARTS) is 1. The van der Waals surface area contributed by atoms with Crippen LogP contribution in [0.1, 0.15) is 49.3 Å². The third-order valence-electron chi connectivity index (χ3n) is 4.57. The maximum Gasteiger partial charge on any atom is 0.320 e. The lowest BCUT2D eigenvalue weighted by Crippen LogP contribution is -2.38. The number of carbonyl (C=O) groups is 1. The zero-order chi connectivity index (χ0) is 13.2. The monoisotopic (exact) mass is 259 g/mol. The number of aliphatic carboxylic acids is 1. The zero-order valence-corrected chi connectivity index (χ0v) is 11.2. The Labute approximate surface area is 114 Å². The van der Waals surface area contributed by atoms with Crippen LogP contribution in [0.5, 0.6) is 0 Å². The number of hydrogen-bond donors (Lipinski definition) is 1. The number of rotatable bonds is 2. The van der Waals surface area contributed by atoms with Crippen molar-refractivity contribution in [3.63, 3.8) is 0 Å². The second-order valence-corrected chi connectivity index (χ2v) is 5.69. The lowest BCUT2D eigenvalue weighted by molar-refractivity contribution is -0.143. The molecule has 0 amide bonds. The van der Waals surface area contributed by atoms with E-state index in [2.05, 4.69) is 29.2 Å². The van der Waals surface area contributed by atoms with Gasteiger partial charge < -0.3 is 5.11 Å². The molecule has 3 nitrogen and oxygen atoms in total. The topological polar surface area (TPSA) is 40.5 Å². The van der Waals surface area contributed by atoms with E-state index in [0.717, 1.165) is 32.2 Å². The van der Waals surface area contributed by atoms with Gasteiger partial charge in [-0.1, -0.05) is 30.7 Å². The molecule has 0 aromatic heterocycles. The Morgan fingerprint density at radius 2 is 2.00 bits per heavy atom. The van der Waals surface area contributed by atoms with Gasteiger partial charge in [0.2, 0.25) is 0 Å². The number of benzene rings is 1. The van der Waals surface area contributed by atoms with Gasteiger partial charge in [0.15, 0.2) is 0 Å². The molecule has 3 rings (SSSR count). The van der Waals surface area contributed by atoms with E-state index in [1.165, 1.54) is 24.0 Å². The Bertz CT molecular complexity index is 472. The van der Waals surface area contributed by atoms with Crippen molar-refractivity contribution in [1.82, 2.24) is 4.90 Å². The SMILES string of the molecule is O=C(O)C1CCCN1C1CCCCc2ccccc21. The van der Waals surface area contributed by atoms with Crippen LogP contribution in [0.4, 0.5) is 0 Å². The van der Waals surface area contributed by atoms with Crippen LogP contribution >= 0.6 is 0 Å². The minimum atomic E-state index is -0.653. The highest BCUT2D eigenvalue weighted by molar-refractivity contribution is 5.74. The molecule has 102 valence electrons. The number of fused-ring (bicyclic) bond motifs is 1. The third kappa shape index (κ3) is 2.39. The summed E-state index contributed by atoms with van der Waals surface area (Å²) in [4.78, 5) is 13.6. The number of likely N-dealkylation sites (tertiary alicyclic amines) is 1. The fraction of sp³-hybridized carbons (Fsp3) is 0.562. The molecule has 1 fully saturated rings. The highest BCUT2D eigenvalue weighted by atomic mass is 16.4. The molecule has 1 N–H and O–H groups in total. The molecule has 0 saturated carbocycles. The van der Waals surface area contributed by atoms with Crippen molar-refractivity contribution in [3.8, 4) is 0 Å². The van der Waals surface area contributed by atoms with Crippen molar-refractivity contribution in [2.45, 2.75) is 50.6 Å². The van der Waals surface area contributed by atoms with E-state index in [1.807, 2.05) is 0 Å². The van der Waals surface area contributed by atoms with E-state index in [0.29, 0.717) is 6.04 Å². The Morgan fingerprint density at radius 1 is 1.16 bits per heavy atom. The quantitative estimate of drug-likeness (QED) is 0.830. The van der Waals surface area contributed by atoms with Gasteiger partial charge in [0.05, 0.1) is 0 Å². The summed E-state index contributed by atoms with van der Waals surface area (Å²) in [6.07, 6.45) is 6.46. The summed E-state index contributed by atoms with van der Waals surface area (Å²) in [5, 5.41) is 9.39. The van der Waals surface area contributed by atoms with E-state index in [1.54, 1.807) is 0 Å². The molecule has 1 aromatic rings. The lowest BCUT2D eigenvalue weighted by atomic mass is 9.97. The lowest BCUT2D eigenvalue weighted by Gasteiger charge is -2.31. The predicted molar refractivity (Wildman–Crippen MR) is 74.1 cm³/mol. The number of carboxylic acids is 1. The van der Waals surface area contributed by atoms with Crippen LogP contribution in [-0.4, -0.2) is 28.6 Å². The standard InChI is InChI=1S/C16H21NO2/c18-16(19)15-10-5-11-17(15)14-9-4-2-7-12-6-1-3-8-13(12)14/h1,3,6,8,14-15H,2,4-5,7,9-11H2,(H,18,19). The van der Waals surface area contributed by atoms with Crippen LogP contribution in [0.15, 0.2) is 24.3 Å². The molecule has 1 aromatic carbocycles. The van der Waals surface area contributed by atoms with Crippen molar-refractivity contribution < 1.29 is 9.90 Å². The first-order valence-corrected chi connectivity index (χ1v) is 7.34. The van der Waals surface area contributed by atoms with Gasteiger partial charge in [-0.05, 0) is 49.8 Å². The van der Waals surface area contributed by atoms with Gasteiger partial charge in [0.1, 0.15) is 6.04 Å². The number of hydrogen-bond acceptors (Lipinski definition) is 2. The minimum Gasteiger partial charge on any atom is -0.480 e. The summed E-state index contributed by atoms with van der Waals surface area (Å²) in [5.41, 5.74) is 2.79. The molecular formula is C16H21NO2. The Balaban J connectivity index is 1.93. The van der Waals surface area contributed by atoms with Crippen molar-refractivity contribution in [3.05, 3.63) is 35.4 Å². The third-order valence-corrected chi connectivity index (χ3v) is 4.57. The highest BCUT2D eigenvalue weighted by Gasteiger charge is 2.36. The Hall–Kier alpha value is -1.35. The van der Waals surface area contributed by atoms with Gasteiger partial charge in [-0.2, -0.15) is 0 Å². The first-order valence-electron chi connectivity index (χ1n) is 7.34. The summed E-state index contributed by atoms with van der Waals surface area (Å²) in [5.74, 6) is -0.653. The molecule has 0 spiro atoms. The van der Waals surface area contributed by atoms with Crippen LogP contribution < -0.4 is 0 Å². The molecule has 2 aliphatic rings. The summed E-state index contributed by atoms with van der Waals surface area (Å²) in [6.45, 7) is 0.927. The van der Waals surface area contributed by atoms with Crippen LogP contribution in [0.2, 0.25) is 0 Å². The van der Waals surface area contributed by atoms with Crippen LogP contribution in [-0.2, 0) is 11.2 Å². The highest BCUT2D eigenvalue weighted by Crippen LogP contribution is 2.37. The Kier molecular flexibility index (Phi) is 3.56. The van der Waals surface area contributed by atoms with Crippen LogP contribution in [0.25, 0.3) is 0 Å². The number of nitrogens with zero attached hydrogens (tertiary/aromatic N) is 1. The summed E-state index contributed by atoms with van der Waals surface area (Å²) < 4.78 is 0. The number of aryl methyl sites for hydroxylation is 1. The van der Waals surface area contributed by atoms with Gasteiger partial charge in [-0.15, -0.1) is 0 Å². The molecule has 2 atom stereocenters. The second kappa shape index (κ2) is 5.33. The zero-order valence-electron chi connectivity index (χ0n) is 11.2. The predicted octanol–water partition coefficient (Wildman–Crippen LogP) is 3.00. The van der Waals surface area contributed by atoms with Crippen LogP contribution in [0, 0.1) is 0 Å². The van der Waals surface area contributed by atoms with E-state index < -0.39 is 5.97 Å². The average Bonchev–Trinajstić information content (AvgIpc) is 2.80. The summed E-state index contributed by atoms with van der Waals surface area (Å²) >= 11 is 0. The van der Waals surface area contributed by atoms with E-state index in [4.69, 9.17) is 0 Å². The van der Waals surface area contributed by atoms with E-state index >= 15 is 0 Å². The fourth-order valence-corrected chi connectivity index (χ4v) is 3.67. The van der Waals surface area contributed by atoms with E-state index in [9.17, 15) is 9.90 Å². The molecule has 1 saturated heterocycles. The first-order chi connectivity index (χ1) is 9.27. The van der Waals surface area contributed by atoms with Gasteiger partial charge in [0, 0.05) is 6.04 Å². The molecule has 0 bridgehead atoms. The molecular weight excluding hydrogens is 238 g/mol. The summed E-state index contributed by atoms with van der Waals surface area (Å²) in [6, 6.07) is 8.61. The Morgan fingerprint density at radius 3 is 2.84 bits per heavy atom. The molecule has 2 unspecified atom stereocenters. The smallest absolute Gasteiger partial charge is 0.320 e. The molecule has 1 heterocycles. The summed E-state index contributed by atoms with van der Waals surface area (Å²) in [7, 11) is 0. The molecule has 1 aliphatic heterocycles. The second-order valence-electron chi connectivity index (χ2n) is 5.69. The molecule has 3 heteroatoms. The first kappa shape index (κ1) is 12.7. The van der Waals surface area contributed by atoms with Crippen molar-refractivity contribution in [1.29, 1.82) is 0 Å². The van der Waals surface area contributed by atoms with Gasteiger partial charge in [0.25, 0.3) is 0 Å². The maximum atomic E-state index is 11.4. The maximum absolute atomic E-state index is 11.4.